The van der Waals surface area contributed by atoms with E-state index in [2.05, 4.69) is 20.9 Å². The lowest BCUT2D eigenvalue weighted by molar-refractivity contribution is 0.413. The van der Waals surface area contributed by atoms with Gasteiger partial charge in [-0.2, -0.15) is 0 Å². The summed E-state index contributed by atoms with van der Waals surface area (Å²) in [6.07, 6.45) is 0. The first kappa shape index (κ1) is 8.49. The minimum atomic E-state index is 0.426. The van der Waals surface area contributed by atoms with Crippen molar-refractivity contribution in [1.29, 1.82) is 0 Å². The lowest BCUT2D eigenvalue weighted by Crippen LogP contribution is -2.00. The number of rotatable bonds is 2. The average molecular weight is 217 g/mol. The summed E-state index contributed by atoms with van der Waals surface area (Å²) in [5.41, 5.74) is 6.22. The summed E-state index contributed by atoms with van der Waals surface area (Å²) in [5.74, 6) is 0.771. The van der Waals surface area contributed by atoms with Crippen molar-refractivity contribution in [1.82, 2.24) is 4.98 Å². The first-order valence-corrected chi connectivity index (χ1v) is 3.96. The van der Waals surface area contributed by atoms with E-state index in [0.29, 0.717) is 6.54 Å². The van der Waals surface area contributed by atoms with Gasteiger partial charge in [0.15, 0.2) is 0 Å². The maximum Gasteiger partial charge on any atom is 0.123 e. The molecule has 0 spiro atoms. The highest BCUT2D eigenvalue weighted by Gasteiger charge is 1.98. The molecule has 0 saturated heterocycles. The molecule has 0 bridgehead atoms. The van der Waals surface area contributed by atoms with Crippen LogP contribution in [-0.2, 0) is 6.54 Å². The van der Waals surface area contributed by atoms with Crippen molar-refractivity contribution < 1.29 is 4.74 Å². The molecule has 1 heterocycles. The fourth-order valence-electron chi connectivity index (χ4n) is 0.747. The molecular weight excluding hydrogens is 208 g/mol. The Balaban J connectivity index is 3.02. The molecule has 1 aromatic rings. The number of methoxy groups -OCH3 is 1. The number of pyridine rings is 1. The van der Waals surface area contributed by atoms with E-state index < -0.39 is 0 Å². The quantitative estimate of drug-likeness (QED) is 0.759. The van der Waals surface area contributed by atoms with Gasteiger partial charge in [0.25, 0.3) is 0 Å². The standard InChI is InChI=1S/C7H9BrN2O/c1-11-6-2-5(4-9)10-7(8)3-6/h2-3H,4,9H2,1H3. The summed E-state index contributed by atoms with van der Waals surface area (Å²) in [5, 5.41) is 0. The molecule has 0 saturated carbocycles. The molecule has 0 aliphatic rings. The van der Waals surface area contributed by atoms with Gasteiger partial charge in [-0.25, -0.2) is 4.98 Å². The Labute approximate surface area is 73.7 Å². The van der Waals surface area contributed by atoms with Gasteiger partial charge in [-0.3, -0.25) is 0 Å². The summed E-state index contributed by atoms with van der Waals surface area (Å²) < 4.78 is 5.76. The van der Waals surface area contributed by atoms with Crippen molar-refractivity contribution in [2.75, 3.05) is 7.11 Å². The van der Waals surface area contributed by atoms with Crippen LogP contribution in [0.25, 0.3) is 0 Å². The Hall–Kier alpha value is -0.610. The van der Waals surface area contributed by atoms with Crippen LogP contribution in [0.5, 0.6) is 5.75 Å². The number of halogens is 1. The van der Waals surface area contributed by atoms with Crippen LogP contribution in [0, 0.1) is 0 Å². The highest BCUT2D eigenvalue weighted by Crippen LogP contribution is 2.17. The topological polar surface area (TPSA) is 48.1 Å². The Morgan fingerprint density at radius 1 is 1.64 bits per heavy atom. The number of hydrogen-bond donors (Lipinski definition) is 1. The van der Waals surface area contributed by atoms with Gasteiger partial charge in [0.05, 0.1) is 12.8 Å². The minimum Gasteiger partial charge on any atom is -0.497 e. The van der Waals surface area contributed by atoms with Crippen LogP contribution in [0.1, 0.15) is 5.69 Å². The molecule has 2 N–H and O–H groups in total. The Kier molecular flexibility index (Phi) is 2.84. The predicted octanol–water partition coefficient (Wildman–Crippen LogP) is 1.31. The Morgan fingerprint density at radius 2 is 2.36 bits per heavy atom. The van der Waals surface area contributed by atoms with Crippen LogP contribution in [0.3, 0.4) is 0 Å². The monoisotopic (exact) mass is 216 g/mol. The molecule has 60 valence electrons. The molecule has 1 aromatic heterocycles. The zero-order valence-corrected chi connectivity index (χ0v) is 7.76. The van der Waals surface area contributed by atoms with Gasteiger partial charge in [0.1, 0.15) is 10.4 Å². The van der Waals surface area contributed by atoms with Gasteiger partial charge in [0, 0.05) is 18.7 Å². The fourth-order valence-corrected chi connectivity index (χ4v) is 1.20. The van der Waals surface area contributed by atoms with Crippen LogP contribution in [0.15, 0.2) is 16.7 Å². The number of nitrogens with zero attached hydrogens (tertiary/aromatic N) is 1. The molecule has 11 heavy (non-hydrogen) atoms. The van der Waals surface area contributed by atoms with E-state index in [1.54, 1.807) is 13.2 Å². The summed E-state index contributed by atoms with van der Waals surface area (Å²) in [6, 6.07) is 3.60. The van der Waals surface area contributed by atoms with E-state index in [0.717, 1.165) is 16.0 Å². The number of aromatic nitrogens is 1. The molecule has 4 heteroatoms. The van der Waals surface area contributed by atoms with Crippen LogP contribution >= 0.6 is 15.9 Å². The lowest BCUT2D eigenvalue weighted by atomic mass is 10.3. The van der Waals surface area contributed by atoms with Gasteiger partial charge < -0.3 is 10.5 Å². The van der Waals surface area contributed by atoms with Crippen molar-refractivity contribution in [2.45, 2.75) is 6.54 Å². The maximum atomic E-state index is 5.40. The van der Waals surface area contributed by atoms with Crippen LogP contribution in [-0.4, -0.2) is 12.1 Å². The SMILES string of the molecule is COc1cc(Br)nc(CN)c1. The molecule has 1 rings (SSSR count). The first-order chi connectivity index (χ1) is 5.26. The molecular formula is C7H9BrN2O. The summed E-state index contributed by atoms with van der Waals surface area (Å²) in [4.78, 5) is 4.11. The van der Waals surface area contributed by atoms with Gasteiger partial charge >= 0.3 is 0 Å². The van der Waals surface area contributed by atoms with Gasteiger partial charge in [0.2, 0.25) is 0 Å². The third-order valence-corrected chi connectivity index (χ3v) is 1.67. The van der Waals surface area contributed by atoms with E-state index in [9.17, 15) is 0 Å². The van der Waals surface area contributed by atoms with E-state index in [-0.39, 0.29) is 0 Å². The van der Waals surface area contributed by atoms with Crippen molar-refractivity contribution in [2.24, 2.45) is 5.73 Å². The summed E-state index contributed by atoms with van der Waals surface area (Å²) >= 11 is 3.25. The Bertz CT molecular complexity index is 230. The molecule has 0 radical (unpaired) electrons. The van der Waals surface area contributed by atoms with Crippen LogP contribution in [0.2, 0.25) is 0 Å². The van der Waals surface area contributed by atoms with Gasteiger partial charge in [-0.1, -0.05) is 0 Å². The molecule has 3 nitrogen and oxygen atoms in total. The molecule has 0 unspecified atom stereocenters. The van der Waals surface area contributed by atoms with Gasteiger partial charge in [-0.15, -0.1) is 0 Å². The first-order valence-electron chi connectivity index (χ1n) is 3.17. The van der Waals surface area contributed by atoms with E-state index >= 15 is 0 Å². The molecule has 0 amide bonds. The zero-order valence-electron chi connectivity index (χ0n) is 6.17. The second kappa shape index (κ2) is 3.69. The van der Waals surface area contributed by atoms with E-state index in [1.807, 2.05) is 6.07 Å². The molecule has 0 aromatic carbocycles. The van der Waals surface area contributed by atoms with Crippen LogP contribution < -0.4 is 10.5 Å². The highest BCUT2D eigenvalue weighted by atomic mass is 79.9. The average Bonchev–Trinajstić information content (AvgIpc) is 2.03. The largest absolute Gasteiger partial charge is 0.497 e. The lowest BCUT2D eigenvalue weighted by Gasteiger charge is -2.02. The predicted molar refractivity (Wildman–Crippen MR) is 46.4 cm³/mol. The van der Waals surface area contributed by atoms with Crippen molar-refractivity contribution in [3.05, 3.63) is 22.4 Å². The smallest absolute Gasteiger partial charge is 0.123 e. The van der Waals surface area contributed by atoms with Crippen molar-refractivity contribution >= 4 is 15.9 Å². The maximum absolute atomic E-state index is 5.40. The Morgan fingerprint density at radius 3 is 2.91 bits per heavy atom. The number of ether oxygens (including phenoxy) is 1. The van der Waals surface area contributed by atoms with Crippen molar-refractivity contribution in [3.63, 3.8) is 0 Å². The number of hydrogen-bond acceptors (Lipinski definition) is 3. The van der Waals surface area contributed by atoms with E-state index in [1.165, 1.54) is 0 Å². The summed E-state index contributed by atoms with van der Waals surface area (Å²) in [7, 11) is 1.61. The van der Waals surface area contributed by atoms with Crippen molar-refractivity contribution in [3.8, 4) is 5.75 Å². The minimum absolute atomic E-state index is 0.426. The summed E-state index contributed by atoms with van der Waals surface area (Å²) in [6.45, 7) is 0.426. The molecule has 0 aliphatic heterocycles. The normalized spacial score (nSPS) is 9.73. The molecule has 0 atom stereocenters. The third-order valence-electron chi connectivity index (χ3n) is 1.27. The van der Waals surface area contributed by atoms with Gasteiger partial charge in [-0.05, 0) is 15.9 Å². The van der Waals surface area contributed by atoms with Crippen LogP contribution in [0.4, 0.5) is 0 Å². The zero-order chi connectivity index (χ0) is 8.27. The fraction of sp³-hybridized carbons (Fsp3) is 0.286. The molecule has 0 aliphatic carbocycles. The van der Waals surface area contributed by atoms with E-state index in [4.69, 9.17) is 10.5 Å². The number of nitrogens with two attached hydrogens (primary N) is 1. The third kappa shape index (κ3) is 2.17. The molecule has 0 fully saturated rings. The second-order valence-corrected chi connectivity index (χ2v) is 2.84. The second-order valence-electron chi connectivity index (χ2n) is 2.03. The highest BCUT2D eigenvalue weighted by molar-refractivity contribution is 9.10.